The van der Waals surface area contributed by atoms with Gasteiger partial charge in [-0.05, 0) is 0 Å². The predicted molar refractivity (Wildman–Crippen MR) is 87.7 cm³/mol. The Bertz CT molecular complexity index is 522. The Kier molecular flexibility index (Phi) is 4.82. The van der Waals surface area contributed by atoms with Crippen LogP contribution in [-0.2, 0) is 10.8 Å². The summed E-state index contributed by atoms with van der Waals surface area (Å²) in [6, 6.07) is 18.4. The summed E-state index contributed by atoms with van der Waals surface area (Å²) >= 11 is -0.0703. The van der Waals surface area contributed by atoms with E-state index in [-0.39, 0.29) is 32.0 Å². The third-order valence-electron chi connectivity index (χ3n) is 3.64. The fraction of sp³-hybridized carbons (Fsp3) is 0.400. The van der Waals surface area contributed by atoms with Gasteiger partial charge in [-0.2, -0.15) is 0 Å². The number of rotatable bonds is 2. The first-order valence-electron chi connectivity index (χ1n) is 7.52. The van der Waals surface area contributed by atoms with Crippen LogP contribution in [0.4, 0.5) is 0 Å². The fourth-order valence-electron chi connectivity index (χ4n) is 2.15. The van der Waals surface area contributed by atoms with Gasteiger partial charge < -0.3 is 0 Å². The molecule has 0 aliphatic carbocycles. The van der Waals surface area contributed by atoms with E-state index in [1.54, 1.807) is 0 Å². The van der Waals surface area contributed by atoms with Gasteiger partial charge >= 0.3 is 140 Å². The molecular formula is C20H26I-. The summed E-state index contributed by atoms with van der Waals surface area (Å²) in [5.74, 6) is 0. The van der Waals surface area contributed by atoms with Crippen LogP contribution >= 0.6 is 0 Å². The summed E-state index contributed by atoms with van der Waals surface area (Å²) in [6.07, 6.45) is 0. The van der Waals surface area contributed by atoms with E-state index in [0.717, 1.165) is 0 Å². The topological polar surface area (TPSA) is 0 Å². The van der Waals surface area contributed by atoms with Gasteiger partial charge in [-0.3, -0.25) is 0 Å². The summed E-state index contributed by atoms with van der Waals surface area (Å²) in [5.41, 5.74) is 3.31. The quantitative estimate of drug-likeness (QED) is 0.688. The summed E-state index contributed by atoms with van der Waals surface area (Å²) in [4.78, 5) is 0. The molecule has 0 bridgehead atoms. The number of benzene rings is 2. The van der Waals surface area contributed by atoms with E-state index in [9.17, 15) is 0 Å². The number of hydrogen-bond acceptors (Lipinski definition) is 0. The van der Waals surface area contributed by atoms with E-state index in [1.807, 2.05) is 0 Å². The van der Waals surface area contributed by atoms with Crippen molar-refractivity contribution >= 4 is 0 Å². The zero-order chi connectivity index (χ0) is 15.7. The molecule has 2 rings (SSSR count). The molecule has 0 atom stereocenters. The second-order valence-electron chi connectivity index (χ2n) is 7.61. The summed E-state index contributed by atoms with van der Waals surface area (Å²) < 4.78 is 2.98. The standard InChI is InChI=1S/C20H26I/c1-19(2,3)15-7-11-17(12-8-15)21-18-13-9-16(10-14-18)20(4,5)6/h7-14H,1-6H3/q-1. The van der Waals surface area contributed by atoms with E-state index < -0.39 is 0 Å². The Morgan fingerprint density at radius 2 is 0.810 bits per heavy atom. The summed E-state index contributed by atoms with van der Waals surface area (Å²) in [7, 11) is 0. The van der Waals surface area contributed by atoms with Crippen LogP contribution in [0.15, 0.2) is 48.5 Å². The second kappa shape index (κ2) is 6.12. The van der Waals surface area contributed by atoms with Crippen molar-refractivity contribution in [1.29, 1.82) is 0 Å². The molecule has 21 heavy (non-hydrogen) atoms. The molecule has 0 radical (unpaired) electrons. The Morgan fingerprint density at radius 1 is 0.524 bits per heavy atom. The summed E-state index contributed by atoms with van der Waals surface area (Å²) in [6.45, 7) is 13.6. The van der Waals surface area contributed by atoms with Gasteiger partial charge in [-0.25, -0.2) is 0 Å². The van der Waals surface area contributed by atoms with Crippen LogP contribution in [0.2, 0.25) is 0 Å². The Hall–Kier alpha value is -0.830. The third-order valence-corrected chi connectivity index (χ3v) is 6.32. The van der Waals surface area contributed by atoms with Crippen molar-refractivity contribution < 1.29 is 21.2 Å². The molecule has 0 heterocycles. The molecule has 0 nitrogen and oxygen atoms in total. The van der Waals surface area contributed by atoms with Crippen LogP contribution < -0.4 is 21.2 Å². The third kappa shape index (κ3) is 4.57. The summed E-state index contributed by atoms with van der Waals surface area (Å²) in [5, 5.41) is 0. The Balaban J connectivity index is 2.12. The maximum absolute atomic E-state index is 2.31. The van der Waals surface area contributed by atoms with Gasteiger partial charge in [-0.1, -0.05) is 0 Å². The Labute approximate surface area is 140 Å². The number of hydrogen-bond donors (Lipinski definition) is 0. The van der Waals surface area contributed by atoms with Crippen molar-refractivity contribution in [3.63, 3.8) is 0 Å². The van der Waals surface area contributed by atoms with Crippen molar-refractivity contribution in [2.75, 3.05) is 0 Å². The molecule has 0 unspecified atom stereocenters. The maximum atomic E-state index is 2.31. The van der Waals surface area contributed by atoms with E-state index in [0.29, 0.717) is 0 Å². The van der Waals surface area contributed by atoms with E-state index in [1.165, 1.54) is 18.3 Å². The molecule has 2 aromatic carbocycles. The zero-order valence-corrected chi connectivity index (χ0v) is 16.2. The first-order chi connectivity index (χ1) is 9.66. The SMILES string of the molecule is CC(C)(C)c1ccc([I-]c2ccc(C(C)(C)C)cc2)cc1. The molecular weight excluding hydrogens is 367 g/mol. The number of halogens is 1. The van der Waals surface area contributed by atoms with Crippen molar-refractivity contribution in [2.45, 2.75) is 52.4 Å². The minimum atomic E-state index is -0.0703. The average molecular weight is 393 g/mol. The van der Waals surface area contributed by atoms with Crippen LogP contribution in [0.3, 0.4) is 0 Å². The van der Waals surface area contributed by atoms with Gasteiger partial charge in [0.15, 0.2) is 0 Å². The van der Waals surface area contributed by atoms with E-state index in [4.69, 9.17) is 0 Å². The van der Waals surface area contributed by atoms with Crippen molar-refractivity contribution in [1.82, 2.24) is 0 Å². The van der Waals surface area contributed by atoms with Gasteiger partial charge in [0.2, 0.25) is 0 Å². The monoisotopic (exact) mass is 393 g/mol. The molecule has 0 aromatic heterocycles. The van der Waals surface area contributed by atoms with E-state index >= 15 is 0 Å². The molecule has 0 saturated heterocycles. The van der Waals surface area contributed by atoms with Crippen LogP contribution in [0.5, 0.6) is 0 Å². The molecule has 2 aromatic rings. The van der Waals surface area contributed by atoms with Crippen LogP contribution in [0.1, 0.15) is 52.7 Å². The molecule has 0 saturated carbocycles. The second-order valence-corrected chi connectivity index (χ2v) is 10.6. The molecule has 0 spiro atoms. The van der Waals surface area contributed by atoms with Crippen LogP contribution in [0, 0.1) is 7.14 Å². The van der Waals surface area contributed by atoms with Crippen molar-refractivity contribution in [2.24, 2.45) is 0 Å². The van der Waals surface area contributed by atoms with Crippen molar-refractivity contribution in [3.05, 3.63) is 66.8 Å². The van der Waals surface area contributed by atoms with Gasteiger partial charge in [0, 0.05) is 0 Å². The molecule has 1 heteroatoms. The minimum absolute atomic E-state index is 0.0703. The van der Waals surface area contributed by atoms with Crippen LogP contribution in [0.25, 0.3) is 0 Å². The van der Waals surface area contributed by atoms with Gasteiger partial charge in [0.05, 0.1) is 0 Å². The molecule has 0 aliphatic heterocycles. The first kappa shape index (κ1) is 16.5. The van der Waals surface area contributed by atoms with Gasteiger partial charge in [0.25, 0.3) is 0 Å². The van der Waals surface area contributed by atoms with Crippen LogP contribution in [-0.4, -0.2) is 0 Å². The molecule has 0 N–H and O–H groups in total. The normalized spacial score (nSPS) is 12.7. The average Bonchev–Trinajstić information content (AvgIpc) is 2.38. The zero-order valence-electron chi connectivity index (χ0n) is 14.0. The molecule has 114 valence electrons. The van der Waals surface area contributed by atoms with Gasteiger partial charge in [0.1, 0.15) is 0 Å². The van der Waals surface area contributed by atoms with Gasteiger partial charge in [-0.15, -0.1) is 0 Å². The molecule has 0 amide bonds. The Morgan fingerprint density at radius 3 is 1.05 bits per heavy atom. The van der Waals surface area contributed by atoms with Crippen molar-refractivity contribution in [3.8, 4) is 0 Å². The predicted octanol–water partition coefficient (Wildman–Crippen LogP) is 2.41. The fourth-order valence-corrected chi connectivity index (χ4v) is 4.31. The van der Waals surface area contributed by atoms with E-state index in [2.05, 4.69) is 90.1 Å². The molecule has 0 aliphatic rings. The first-order valence-corrected chi connectivity index (χ1v) is 9.68. The molecule has 0 fully saturated rings.